The van der Waals surface area contributed by atoms with Crippen LogP contribution in [0.25, 0.3) is 0 Å². The predicted molar refractivity (Wildman–Crippen MR) is 77.3 cm³/mol. The van der Waals surface area contributed by atoms with Crippen LogP contribution in [0.4, 0.5) is 5.00 Å². The number of carbonyl (C=O) groups is 3. The fourth-order valence-electron chi connectivity index (χ4n) is 2.99. The fourth-order valence-corrected chi connectivity index (χ4v) is 4.39. The Morgan fingerprint density at radius 2 is 2.14 bits per heavy atom. The molecule has 1 aliphatic carbocycles. The Balaban J connectivity index is 2.01. The molecule has 1 aliphatic heterocycles. The standard InChI is InChI=1S/C14H16N2O4S/c1-20-14(19)11-8-3-2-4-9(8)21-13(11)16-6-7(12(15)18)5-10(16)17/h7H,2-6H2,1H3,(H2,15,18). The highest BCUT2D eigenvalue weighted by Crippen LogP contribution is 2.43. The number of anilines is 1. The highest BCUT2D eigenvalue weighted by atomic mass is 32.1. The van der Waals surface area contributed by atoms with E-state index in [9.17, 15) is 14.4 Å². The zero-order chi connectivity index (χ0) is 15.1. The molecular weight excluding hydrogens is 292 g/mol. The molecule has 1 fully saturated rings. The Morgan fingerprint density at radius 1 is 1.38 bits per heavy atom. The molecule has 0 radical (unpaired) electrons. The first-order valence-electron chi connectivity index (χ1n) is 6.85. The highest BCUT2D eigenvalue weighted by molar-refractivity contribution is 7.17. The number of nitrogens with two attached hydrogens (primary N) is 1. The van der Waals surface area contributed by atoms with Gasteiger partial charge in [0.1, 0.15) is 5.00 Å². The van der Waals surface area contributed by atoms with Crippen LogP contribution in [0.15, 0.2) is 0 Å². The number of aryl methyl sites for hydroxylation is 1. The third-order valence-electron chi connectivity index (χ3n) is 4.06. The molecule has 112 valence electrons. The molecule has 0 saturated carbocycles. The summed E-state index contributed by atoms with van der Waals surface area (Å²) in [7, 11) is 1.34. The second-order valence-electron chi connectivity index (χ2n) is 5.34. The van der Waals surface area contributed by atoms with Gasteiger partial charge < -0.3 is 15.4 Å². The van der Waals surface area contributed by atoms with Gasteiger partial charge >= 0.3 is 5.97 Å². The quantitative estimate of drug-likeness (QED) is 0.839. The van der Waals surface area contributed by atoms with Gasteiger partial charge in [0.25, 0.3) is 0 Å². The monoisotopic (exact) mass is 308 g/mol. The van der Waals surface area contributed by atoms with Crippen LogP contribution in [0.1, 0.15) is 33.6 Å². The maximum Gasteiger partial charge on any atom is 0.341 e. The lowest BCUT2D eigenvalue weighted by molar-refractivity contribution is -0.123. The zero-order valence-corrected chi connectivity index (χ0v) is 12.5. The smallest absolute Gasteiger partial charge is 0.341 e. The molecule has 0 spiro atoms. The van der Waals surface area contributed by atoms with Gasteiger partial charge in [-0.25, -0.2) is 4.79 Å². The molecule has 2 N–H and O–H groups in total. The summed E-state index contributed by atoms with van der Waals surface area (Å²) < 4.78 is 4.87. The van der Waals surface area contributed by atoms with E-state index in [2.05, 4.69) is 0 Å². The summed E-state index contributed by atoms with van der Waals surface area (Å²) in [4.78, 5) is 38.2. The maximum atomic E-state index is 12.2. The molecule has 1 unspecified atom stereocenters. The Hall–Kier alpha value is -1.89. The van der Waals surface area contributed by atoms with Crippen molar-refractivity contribution in [2.75, 3.05) is 18.6 Å². The maximum absolute atomic E-state index is 12.2. The van der Waals surface area contributed by atoms with Crippen molar-refractivity contribution in [1.29, 1.82) is 0 Å². The lowest BCUT2D eigenvalue weighted by atomic mass is 10.1. The molecule has 1 aromatic rings. The van der Waals surface area contributed by atoms with E-state index in [1.807, 2.05) is 0 Å². The van der Waals surface area contributed by atoms with E-state index in [4.69, 9.17) is 10.5 Å². The van der Waals surface area contributed by atoms with Crippen molar-refractivity contribution in [2.24, 2.45) is 11.7 Å². The summed E-state index contributed by atoms with van der Waals surface area (Å²) in [6, 6.07) is 0. The average Bonchev–Trinajstić information content (AvgIpc) is 3.10. The number of esters is 1. The van der Waals surface area contributed by atoms with Gasteiger partial charge in [-0.2, -0.15) is 0 Å². The zero-order valence-electron chi connectivity index (χ0n) is 11.7. The van der Waals surface area contributed by atoms with Gasteiger partial charge in [-0.3, -0.25) is 9.59 Å². The Labute approximate surface area is 125 Å². The van der Waals surface area contributed by atoms with Crippen molar-refractivity contribution in [3.63, 3.8) is 0 Å². The van der Waals surface area contributed by atoms with E-state index in [-0.39, 0.29) is 18.9 Å². The fraction of sp³-hybridized carbons (Fsp3) is 0.500. The molecule has 2 heterocycles. The summed E-state index contributed by atoms with van der Waals surface area (Å²) in [6.45, 7) is 0.248. The number of thiophene rings is 1. The van der Waals surface area contributed by atoms with Gasteiger partial charge in [0.05, 0.1) is 18.6 Å². The van der Waals surface area contributed by atoms with E-state index >= 15 is 0 Å². The van der Waals surface area contributed by atoms with E-state index in [0.717, 1.165) is 29.7 Å². The SMILES string of the molecule is COC(=O)c1c(N2CC(C(N)=O)CC2=O)sc2c1CCC2. The van der Waals surface area contributed by atoms with Crippen LogP contribution in [-0.4, -0.2) is 31.4 Å². The molecule has 3 rings (SSSR count). The number of primary amides is 1. The van der Waals surface area contributed by atoms with Crippen LogP contribution < -0.4 is 10.6 Å². The molecule has 1 saturated heterocycles. The van der Waals surface area contributed by atoms with E-state index < -0.39 is 17.8 Å². The molecule has 21 heavy (non-hydrogen) atoms. The first kappa shape index (κ1) is 14.1. The number of nitrogens with zero attached hydrogens (tertiary/aromatic N) is 1. The summed E-state index contributed by atoms with van der Waals surface area (Å²) in [5.74, 6) is -1.54. The third kappa shape index (κ3) is 2.21. The molecule has 1 atom stereocenters. The average molecular weight is 308 g/mol. The summed E-state index contributed by atoms with van der Waals surface area (Å²) in [5, 5.41) is 0.611. The Kier molecular flexibility index (Phi) is 3.44. The van der Waals surface area contributed by atoms with Crippen LogP contribution in [0.2, 0.25) is 0 Å². The lowest BCUT2D eigenvalue weighted by Crippen LogP contribution is -2.29. The third-order valence-corrected chi connectivity index (χ3v) is 5.38. The number of amides is 2. The molecule has 0 aromatic carbocycles. The van der Waals surface area contributed by atoms with Crippen molar-refractivity contribution in [1.82, 2.24) is 0 Å². The number of hydrogen-bond donors (Lipinski definition) is 1. The second kappa shape index (κ2) is 5.14. The van der Waals surface area contributed by atoms with Gasteiger partial charge in [0, 0.05) is 17.8 Å². The highest BCUT2D eigenvalue weighted by Gasteiger charge is 2.38. The number of carbonyl (C=O) groups excluding carboxylic acids is 3. The molecule has 2 aliphatic rings. The second-order valence-corrected chi connectivity index (χ2v) is 6.42. The first-order chi connectivity index (χ1) is 10.0. The number of fused-ring (bicyclic) bond motifs is 1. The van der Waals surface area contributed by atoms with Crippen molar-refractivity contribution in [3.05, 3.63) is 16.0 Å². The first-order valence-corrected chi connectivity index (χ1v) is 7.67. The summed E-state index contributed by atoms with van der Waals surface area (Å²) in [5.41, 5.74) is 6.78. The Morgan fingerprint density at radius 3 is 2.76 bits per heavy atom. The van der Waals surface area contributed by atoms with Crippen LogP contribution in [0.5, 0.6) is 0 Å². The summed E-state index contributed by atoms with van der Waals surface area (Å²) >= 11 is 1.46. The number of ether oxygens (including phenoxy) is 1. The van der Waals surface area contributed by atoms with E-state index in [0.29, 0.717) is 10.6 Å². The van der Waals surface area contributed by atoms with Crippen LogP contribution in [0, 0.1) is 5.92 Å². The predicted octanol–water partition coefficient (Wildman–Crippen LogP) is 0.862. The minimum atomic E-state index is -0.486. The Bertz CT molecular complexity index is 637. The molecule has 1 aromatic heterocycles. The van der Waals surface area contributed by atoms with Gasteiger partial charge in [-0.05, 0) is 24.8 Å². The van der Waals surface area contributed by atoms with Crippen LogP contribution in [-0.2, 0) is 27.2 Å². The minimum absolute atomic E-state index is 0.110. The molecule has 2 amide bonds. The van der Waals surface area contributed by atoms with Crippen molar-refractivity contribution < 1.29 is 19.1 Å². The molecule has 6 nitrogen and oxygen atoms in total. The van der Waals surface area contributed by atoms with Gasteiger partial charge in [0.15, 0.2) is 0 Å². The van der Waals surface area contributed by atoms with Crippen LogP contribution in [0.3, 0.4) is 0 Å². The summed E-state index contributed by atoms with van der Waals surface area (Å²) in [6.07, 6.45) is 2.88. The van der Waals surface area contributed by atoms with Crippen molar-refractivity contribution >= 4 is 34.1 Å². The van der Waals surface area contributed by atoms with E-state index in [1.165, 1.54) is 23.3 Å². The van der Waals surface area contributed by atoms with Gasteiger partial charge in [0.2, 0.25) is 11.8 Å². The molecule has 0 bridgehead atoms. The largest absolute Gasteiger partial charge is 0.465 e. The molecular formula is C14H16N2O4S. The van der Waals surface area contributed by atoms with Crippen molar-refractivity contribution in [2.45, 2.75) is 25.7 Å². The normalized spacial score (nSPS) is 20.7. The number of rotatable bonds is 3. The number of methoxy groups -OCH3 is 1. The van der Waals surface area contributed by atoms with Gasteiger partial charge in [-0.15, -0.1) is 11.3 Å². The lowest BCUT2D eigenvalue weighted by Gasteiger charge is -2.16. The van der Waals surface area contributed by atoms with Crippen LogP contribution >= 0.6 is 11.3 Å². The topological polar surface area (TPSA) is 89.7 Å². The minimum Gasteiger partial charge on any atom is -0.465 e. The molecule has 7 heteroatoms. The van der Waals surface area contributed by atoms with Gasteiger partial charge in [-0.1, -0.05) is 0 Å². The van der Waals surface area contributed by atoms with Crippen molar-refractivity contribution in [3.8, 4) is 0 Å². The number of hydrogen-bond acceptors (Lipinski definition) is 5. The van der Waals surface area contributed by atoms with E-state index in [1.54, 1.807) is 0 Å².